The van der Waals surface area contributed by atoms with Crippen LogP contribution in [-0.4, -0.2) is 52.4 Å². The smallest absolute Gasteiger partial charge is 0.412 e. The highest BCUT2D eigenvalue weighted by atomic mass is 19.1. The summed E-state index contributed by atoms with van der Waals surface area (Å²) in [5.74, 6) is -4.22. The average molecular weight is 668 g/mol. The van der Waals surface area contributed by atoms with E-state index >= 15 is 0 Å². The van der Waals surface area contributed by atoms with Gasteiger partial charge in [-0.3, -0.25) is 15.4 Å². The van der Waals surface area contributed by atoms with E-state index in [1.165, 1.54) is 60.7 Å². The van der Waals surface area contributed by atoms with Gasteiger partial charge in [-0.15, -0.1) is 0 Å². The van der Waals surface area contributed by atoms with E-state index < -0.39 is 53.1 Å². The zero-order valence-electron chi connectivity index (χ0n) is 28.2. The van der Waals surface area contributed by atoms with Gasteiger partial charge in [-0.05, 0) is 108 Å². The van der Waals surface area contributed by atoms with Crippen molar-refractivity contribution in [1.82, 2.24) is 5.32 Å². The monoisotopic (exact) mass is 667 g/mol. The number of carbonyl (C=O) groups excluding carboxylic acids is 4. The highest BCUT2D eigenvalue weighted by molar-refractivity contribution is 5.97. The fourth-order valence-electron chi connectivity index (χ4n) is 3.83. The third kappa shape index (κ3) is 13.1. The summed E-state index contributed by atoms with van der Waals surface area (Å²) in [4.78, 5) is 61.0. The standard InChI is InChI=1S/C33H36FN3O9.C2H6/c1-32(2,3)45-30(42)35-22-12-8-20(9-13-22)27(38)37-25(28(39)40)18-19-7-16-26(24(34)17-19)44-29(41)21-10-14-23(15-11-21)36-31(43)46-33(4,5)6;1-2/h7-17,25H,18H2,1-6H3,(H,35,42)(H,36,43)(H,37,38)(H,39,40);1-2H3. The topological polar surface area (TPSA) is 169 Å². The zero-order chi connectivity index (χ0) is 36.2. The molecule has 0 aliphatic heterocycles. The Bertz CT molecular complexity index is 1590. The van der Waals surface area contributed by atoms with Gasteiger partial charge in [-0.1, -0.05) is 19.9 Å². The molecule has 3 amide bonds. The molecule has 0 bridgehead atoms. The minimum Gasteiger partial charge on any atom is -0.480 e. The molecule has 3 rings (SSSR count). The highest BCUT2D eigenvalue weighted by Crippen LogP contribution is 2.22. The van der Waals surface area contributed by atoms with Gasteiger partial charge < -0.3 is 24.6 Å². The first kappa shape index (κ1) is 38.7. The van der Waals surface area contributed by atoms with Gasteiger partial charge in [0.05, 0.1) is 5.56 Å². The number of carboxylic acid groups (broad SMARTS) is 1. The van der Waals surface area contributed by atoms with Crippen molar-refractivity contribution in [2.24, 2.45) is 0 Å². The molecule has 0 radical (unpaired) electrons. The number of hydrogen-bond donors (Lipinski definition) is 4. The van der Waals surface area contributed by atoms with Crippen LogP contribution in [0.4, 0.5) is 25.4 Å². The number of amides is 3. The highest BCUT2D eigenvalue weighted by Gasteiger charge is 2.23. The molecule has 13 heteroatoms. The largest absolute Gasteiger partial charge is 0.480 e. The Morgan fingerprint density at radius 3 is 1.60 bits per heavy atom. The van der Waals surface area contributed by atoms with Gasteiger partial charge in [-0.2, -0.15) is 0 Å². The van der Waals surface area contributed by atoms with Crippen molar-refractivity contribution in [1.29, 1.82) is 0 Å². The van der Waals surface area contributed by atoms with Gasteiger partial charge in [0.25, 0.3) is 5.91 Å². The van der Waals surface area contributed by atoms with Crippen molar-refractivity contribution in [3.63, 3.8) is 0 Å². The van der Waals surface area contributed by atoms with Crippen LogP contribution in [-0.2, 0) is 20.7 Å². The summed E-state index contributed by atoms with van der Waals surface area (Å²) in [6, 6.07) is 13.5. The van der Waals surface area contributed by atoms with E-state index in [2.05, 4.69) is 16.0 Å². The Morgan fingerprint density at radius 1 is 0.729 bits per heavy atom. The first-order valence-electron chi connectivity index (χ1n) is 15.1. The van der Waals surface area contributed by atoms with E-state index in [9.17, 15) is 33.5 Å². The molecule has 258 valence electrons. The van der Waals surface area contributed by atoms with Gasteiger partial charge in [0.2, 0.25) is 0 Å². The van der Waals surface area contributed by atoms with Crippen LogP contribution in [0.1, 0.15) is 81.7 Å². The number of nitrogens with one attached hydrogen (secondary N) is 3. The molecule has 0 heterocycles. The number of esters is 1. The Hall–Kier alpha value is -5.46. The van der Waals surface area contributed by atoms with Crippen molar-refractivity contribution in [3.8, 4) is 5.75 Å². The van der Waals surface area contributed by atoms with Crippen molar-refractivity contribution >= 4 is 41.4 Å². The van der Waals surface area contributed by atoms with Crippen LogP contribution in [0, 0.1) is 5.82 Å². The SMILES string of the molecule is CC.CC(C)(C)OC(=O)Nc1ccc(C(=O)NC(Cc2ccc(OC(=O)c3ccc(NC(=O)OC(C)(C)C)cc3)c(F)c2)C(=O)O)cc1. The summed E-state index contributed by atoms with van der Waals surface area (Å²) in [7, 11) is 0. The second-order valence-corrected chi connectivity index (χ2v) is 12.1. The molecule has 0 aliphatic carbocycles. The summed E-state index contributed by atoms with van der Waals surface area (Å²) >= 11 is 0. The molecule has 3 aromatic rings. The lowest BCUT2D eigenvalue weighted by Gasteiger charge is -2.19. The normalized spacial score (nSPS) is 11.5. The van der Waals surface area contributed by atoms with Crippen molar-refractivity contribution in [2.45, 2.75) is 79.1 Å². The van der Waals surface area contributed by atoms with Crippen molar-refractivity contribution < 1.29 is 47.7 Å². The summed E-state index contributed by atoms with van der Waals surface area (Å²) < 4.78 is 30.4. The molecule has 0 saturated carbocycles. The van der Waals surface area contributed by atoms with Crippen molar-refractivity contribution in [2.75, 3.05) is 10.6 Å². The second kappa shape index (κ2) is 16.9. The molecule has 0 aliphatic rings. The summed E-state index contributed by atoms with van der Waals surface area (Å²) in [5.41, 5.74) is -0.213. The summed E-state index contributed by atoms with van der Waals surface area (Å²) in [5, 5.41) is 17.1. The number of carbonyl (C=O) groups is 5. The van der Waals surface area contributed by atoms with Crippen molar-refractivity contribution in [3.05, 3.63) is 89.2 Å². The van der Waals surface area contributed by atoms with Crippen LogP contribution in [0.2, 0.25) is 0 Å². The van der Waals surface area contributed by atoms with E-state index in [1.54, 1.807) is 41.5 Å². The number of anilines is 2. The van der Waals surface area contributed by atoms with E-state index in [-0.39, 0.29) is 28.9 Å². The molecule has 0 fully saturated rings. The maximum absolute atomic E-state index is 14.9. The summed E-state index contributed by atoms with van der Waals surface area (Å²) in [6.45, 7) is 14.3. The molecule has 0 aromatic heterocycles. The van der Waals surface area contributed by atoms with Gasteiger partial charge in [-0.25, -0.2) is 23.6 Å². The fraction of sp³-hybridized carbons (Fsp3) is 0.343. The maximum Gasteiger partial charge on any atom is 0.412 e. The minimum absolute atomic E-state index is 0.0838. The molecule has 1 unspecified atom stereocenters. The lowest BCUT2D eigenvalue weighted by Crippen LogP contribution is -2.42. The minimum atomic E-state index is -1.41. The number of rotatable bonds is 9. The third-order valence-corrected chi connectivity index (χ3v) is 5.80. The lowest BCUT2D eigenvalue weighted by atomic mass is 10.0. The van der Waals surface area contributed by atoms with Gasteiger partial charge in [0, 0.05) is 23.4 Å². The van der Waals surface area contributed by atoms with Crippen LogP contribution < -0.4 is 20.7 Å². The molecule has 3 aromatic carbocycles. The van der Waals surface area contributed by atoms with Gasteiger partial charge in [0.15, 0.2) is 11.6 Å². The van der Waals surface area contributed by atoms with Crippen LogP contribution in [0.15, 0.2) is 66.7 Å². The van der Waals surface area contributed by atoms with Crippen LogP contribution in [0.5, 0.6) is 5.75 Å². The van der Waals surface area contributed by atoms with Crippen LogP contribution in [0.3, 0.4) is 0 Å². The molecular formula is C35H42FN3O9. The van der Waals surface area contributed by atoms with Gasteiger partial charge >= 0.3 is 24.1 Å². The zero-order valence-corrected chi connectivity index (χ0v) is 28.2. The van der Waals surface area contributed by atoms with E-state index in [0.717, 1.165) is 6.07 Å². The maximum atomic E-state index is 14.9. The van der Waals surface area contributed by atoms with Crippen LogP contribution in [0.25, 0.3) is 0 Å². The molecular weight excluding hydrogens is 625 g/mol. The number of carboxylic acids is 1. The Labute approximate surface area is 279 Å². The predicted octanol–water partition coefficient (Wildman–Crippen LogP) is 7.19. The fourth-order valence-corrected chi connectivity index (χ4v) is 3.83. The molecule has 48 heavy (non-hydrogen) atoms. The first-order chi connectivity index (χ1) is 22.4. The average Bonchev–Trinajstić information content (AvgIpc) is 2.97. The number of halogens is 1. The van der Waals surface area contributed by atoms with E-state index in [0.29, 0.717) is 11.4 Å². The van der Waals surface area contributed by atoms with E-state index in [4.69, 9.17) is 14.2 Å². The number of ether oxygens (including phenoxy) is 3. The molecule has 12 nitrogen and oxygen atoms in total. The first-order valence-corrected chi connectivity index (χ1v) is 15.1. The van der Waals surface area contributed by atoms with Crippen LogP contribution >= 0.6 is 0 Å². The number of hydrogen-bond acceptors (Lipinski definition) is 8. The third-order valence-electron chi connectivity index (χ3n) is 5.80. The lowest BCUT2D eigenvalue weighted by molar-refractivity contribution is -0.139. The Kier molecular flexibility index (Phi) is 13.6. The second-order valence-electron chi connectivity index (χ2n) is 12.1. The predicted molar refractivity (Wildman–Crippen MR) is 178 cm³/mol. The molecule has 1 atom stereocenters. The number of benzene rings is 3. The van der Waals surface area contributed by atoms with E-state index in [1.807, 2.05) is 13.8 Å². The molecule has 0 spiro atoms. The molecule has 4 N–H and O–H groups in total. The summed E-state index contributed by atoms with van der Waals surface area (Å²) in [6.07, 6.45) is -1.61. The number of aliphatic carboxylic acids is 1. The quantitative estimate of drug-likeness (QED) is 0.136. The Balaban J connectivity index is 0.00000392. The molecule has 0 saturated heterocycles. The Morgan fingerprint density at radius 2 is 1.19 bits per heavy atom. The van der Waals surface area contributed by atoms with Gasteiger partial charge in [0.1, 0.15) is 17.2 Å².